The minimum Gasteiger partial charge on any atom is -0.507 e. The molecule has 5 aromatic rings. The van der Waals surface area contributed by atoms with Crippen molar-refractivity contribution in [3.63, 3.8) is 0 Å². The van der Waals surface area contributed by atoms with Gasteiger partial charge in [0, 0.05) is 40.9 Å². The highest BCUT2D eigenvalue weighted by molar-refractivity contribution is 7.17. The molecule has 1 saturated carbocycles. The van der Waals surface area contributed by atoms with Gasteiger partial charge in [-0.2, -0.15) is 0 Å². The number of phenolic OH excluding ortho intramolecular Hbond substituents is 1. The number of piperidine rings is 1. The minimum atomic E-state index is -2.51. The van der Waals surface area contributed by atoms with Crippen LogP contribution in [0.3, 0.4) is 0 Å². The summed E-state index contributed by atoms with van der Waals surface area (Å²) in [5.41, 5.74) is 2.46. The predicted octanol–water partition coefficient (Wildman–Crippen LogP) is 7.60. The van der Waals surface area contributed by atoms with Crippen LogP contribution in [0.5, 0.6) is 5.75 Å². The van der Waals surface area contributed by atoms with E-state index in [-0.39, 0.29) is 10.8 Å². The van der Waals surface area contributed by atoms with Gasteiger partial charge in [0.05, 0.1) is 5.69 Å². The third-order valence-corrected chi connectivity index (χ3v) is 16.1. The first-order valence-electron chi connectivity index (χ1n) is 17.0. The van der Waals surface area contributed by atoms with Gasteiger partial charge in [-0.3, -0.25) is 0 Å². The number of aryl methyl sites for hydroxylation is 1. The number of benzene rings is 3. The van der Waals surface area contributed by atoms with E-state index in [0.717, 1.165) is 71.6 Å². The summed E-state index contributed by atoms with van der Waals surface area (Å²) in [6.07, 6.45) is 4.83. The third-order valence-electron chi connectivity index (χ3n) is 10.2. The van der Waals surface area contributed by atoms with Crippen molar-refractivity contribution in [3.05, 3.63) is 95.9 Å². The number of anilines is 1. The van der Waals surface area contributed by atoms with Crippen LogP contribution in [-0.4, -0.2) is 60.3 Å². The molecule has 1 saturated heterocycles. The van der Waals surface area contributed by atoms with Crippen LogP contribution >= 0.6 is 11.3 Å². The first kappa shape index (κ1) is 32.0. The monoisotopic (exact) mass is 662 g/mol. The van der Waals surface area contributed by atoms with E-state index in [1.165, 1.54) is 16.8 Å². The summed E-state index contributed by atoms with van der Waals surface area (Å²) in [4.78, 5) is 2.63. The normalized spacial score (nSPS) is 20.6. The number of aromatic hydroxyl groups is 1. The summed E-state index contributed by atoms with van der Waals surface area (Å²) in [6, 6.07) is 30.4. The topological polar surface area (TPSA) is 70.5 Å². The van der Waals surface area contributed by atoms with Gasteiger partial charge in [0.2, 0.25) is 0 Å². The lowest BCUT2D eigenvalue weighted by Gasteiger charge is -2.49. The molecule has 47 heavy (non-hydrogen) atoms. The minimum absolute atomic E-state index is 0.00397. The fourth-order valence-corrected chi connectivity index (χ4v) is 13.3. The van der Waals surface area contributed by atoms with Gasteiger partial charge in [-0.1, -0.05) is 81.4 Å². The van der Waals surface area contributed by atoms with Crippen molar-refractivity contribution in [2.45, 2.75) is 70.6 Å². The number of hydrogen-bond acceptors (Lipinski definition) is 7. The molecule has 1 atom stereocenters. The van der Waals surface area contributed by atoms with Crippen LogP contribution in [0.15, 0.2) is 90.3 Å². The third kappa shape index (κ3) is 6.36. The molecule has 6 nitrogen and oxygen atoms in total. The van der Waals surface area contributed by atoms with Crippen LogP contribution in [0, 0.1) is 12.8 Å². The van der Waals surface area contributed by atoms with Crippen LogP contribution in [0.1, 0.15) is 52.0 Å². The number of fused-ring (bicyclic) bond motifs is 1. The SMILES string of the molecule is Cc1cc(N[C@@H]2CCCN(CC3CC(O[Si](c4ccccc4)(c4ccccc4)C(C)(C)C)C3)C2)nnc1-c1ccc2sccc2c1O. The Hall–Kier alpha value is -3.56. The lowest BCUT2D eigenvalue weighted by Crippen LogP contribution is -2.68. The molecular formula is C39H46N4O2SSi. The summed E-state index contributed by atoms with van der Waals surface area (Å²) in [7, 11) is -2.51. The van der Waals surface area contributed by atoms with Crippen molar-refractivity contribution in [2.75, 3.05) is 25.0 Å². The Labute approximate surface area is 284 Å². The highest BCUT2D eigenvalue weighted by Crippen LogP contribution is 2.42. The van der Waals surface area contributed by atoms with E-state index in [2.05, 4.69) is 108 Å². The zero-order valence-electron chi connectivity index (χ0n) is 27.9. The number of nitrogens with zero attached hydrogens (tertiary/aromatic N) is 3. The largest absolute Gasteiger partial charge is 0.507 e. The van der Waals surface area contributed by atoms with Gasteiger partial charge in [0.1, 0.15) is 11.6 Å². The van der Waals surface area contributed by atoms with E-state index in [1.807, 2.05) is 30.5 Å². The Balaban J connectivity index is 0.979. The van der Waals surface area contributed by atoms with Gasteiger partial charge in [-0.05, 0) is 95.7 Å². The molecule has 244 valence electrons. The van der Waals surface area contributed by atoms with E-state index < -0.39 is 8.32 Å². The number of hydrogen-bond donors (Lipinski definition) is 2. The predicted molar refractivity (Wildman–Crippen MR) is 198 cm³/mol. The second kappa shape index (κ2) is 13.2. The van der Waals surface area contributed by atoms with Crippen molar-refractivity contribution in [1.82, 2.24) is 15.1 Å². The quantitative estimate of drug-likeness (QED) is 0.159. The van der Waals surface area contributed by atoms with Gasteiger partial charge in [-0.15, -0.1) is 21.5 Å². The molecule has 7 rings (SSSR count). The average Bonchev–Trinajstić information content (AvgIpc) is 3.53. The van der Waals surface area contributed by atoms with Crippen molar-refractivity contribution < 1.29 is 9.53 Å². The van der Waals surface area contributed by atoms with E-state index in [0.29, 0.717) is 18.1 Å². The number of thiophene rings is 1. The van der Waals surface area contributed by atoms with Crippen LogP contribution in [0.25, 0.3) is 21.3 Å². The van der Waals surface area contributed by atoms with Gasteiger partial charge in [0.15, 0.2) is 0 Å². The van der Waals surface area contributed by atoms with Crippen LogP contribution in [0.4, 0.5) is 5.82 Å². The Morgan fingerprint density at radius 2 is 1.66 bits per heavy atom. The summed E-state index contributed by atoms with van der Waals surface area (Å²) >= 11 is 1.63. The number of rotatable bonds is 9. The fourth-order valence-electron chi connectivity index (χ4n) is 7.82. The molecule has 2 aromatic heterocycles. The second-order valence-electron chi connectivity index (χ2n) is 14.5. The van der Waals surface area contributed by atoms with E-state index in [9.17, 15) is 5.11 Å². The van der Waals surface area contributed by atoms with Gasteiger partial charge in [-0.25, -0.2) is 0 Å². The molecule has 8 heteroatoms. The molecule has 1 aliphatic carbocycles. The van der Waals surface area contributed by atoms with Crippen molar-refractivity contribution in [2.24, 2.45) is 5.92 Å². The lowest BCUT2D eigenvalue weighted by molar-refractivity contribution is 0.0315. The van der Waals surface area contributed by atoms with E-state index >= 15 is 0 Å². The van der Waals surface area contributed by atoms with Crippen molar-refractivity contribution in [1.29, 1.82) is 0 Å². The van der Waals surface area contributed by atoms with E-state index in [1.54, 1.807) is 11.3 Å². The van der Waals surface area contributed by atoms with Gasteiger partial charge < -0.3 is 19.7 Å². The molecule has 0 amide bonds. The average molecular weight is 663 g/mol. The Morgan fingerprint density at radius 1 is 0.957 bits per heavy atom. The fraction of sp³-hybridized carbons (Fsp3) is 0.385. The summed E-state index contributed by atoms with van der Waals surface area (Å²) in [6.45, 7) is 12.4. The number of likely N-dealkylation sites (tertiary alicyclic amines) is 1. The Kier molecular flexibility index (Phi) is 8.96. The molecule has 0 radical (unpaired) electrons. The summed E-state index contributed by atoms with van der Waals surface area (Å²) < 4.78 is 8.46. The highest BCUT2D eigenvalue weighted by Gasteiger charge is 2.52. The number of aromatic nitrogens is 2. The zero-order valence-corrected chi connectivity index (χ0v) is 29.8. The molecule has 3 heterocycles. The van der Waals surface area contributed by atoms with Crippen molar-refractivity contribution >= 4 is 45.9 Å². The van der Waals surface area contributed by atoms with Crippen molar-refractivity contribution in [3.8, 4) is 17.0 Å². The molecule has 0 unspecified atom stereocenters. The Bertz CT molecular complexity index is 1780. The molecule has 3 aromatic carbocycles. The Morgan fingerprint density at radius 3 is 2.32 bits per heavy atom. The maximum absolute atomic E-state index is 10.9. The molecule has 0 spiro atoms. The van der Waals surface area contributed by atoms with Gasteiger partial charge in [0.25, 0.3) is 8.32 Å². The summed E-state index contributed by atoms with van der Waals surface area (Å²) in [5.74, 6) is 1.74. The first-order chi connectivity index (χ1) is 22.7. The molecule has 2 aliphatic rings. The van der Waals surface area contributed by atoms with Crippen LogP contribution < -0.4 is 15.7 Å². The summed E-state index contributed by atoms with van der Waals surface area (Å²) in [5, 5.41) is 29.3. The molecule has 2 fully saturated rings. The van der Waals surface area contributed by atoms with Crippen LogP contribution in [0.2, 0.25) is 5.04 Å². The van der Waals surface area contributed by atoms with E-state index in [4.69, 9.17) is 4.43 Å². The lowest BCUT2D eigenvalue weighted by atomic mass is 9.82. The van der Waals surface area contributed by atoms with Gasteiger partial charge >= 0.3 is 0 Å². The molecule has 2 N–H and O–H groups in total. The smallest absolute Gasteiger partial charge is 0.261 e. The maximum Gasteiger partial charge on any atom is 0.261 e. The number of nitrogens with one attached hydrogen (secondary N) is 1. The highest BCUT2D eigenvalue weighted by atomic mass is 32.1. The zero-order chi connectivity index (χ0) is 32.6. The molecule has 1 aliphatic heterocycles. The maximum atomic E-state index is 10.9. The second-order valence-corrected chi connectivity index (χ2v) is 19.7. The molecular weight excluding hydrogens is 617 g/mol. The number of phenols is 1. The van der Waals surface area contributed by atoms with Crippen LogP contribution in [-0.2, 0) is 4.43 Å². The molecule has 0 bridgehead atoms. The standard InChI is InChI=1S/C39H46N4O2SSi/c1-27-22-36(41-42-37(27)34-17-18-35-33(38(34)44)19-21-46-35)40-29-12-11-20-43(26-29)25-28-23-30(24-28)45-47(39(2,3)4,31-13-7-5-8-14-31)32-15-9-6-10-16-32/h5-10,13-19,21-22,28-30,44H,11-12,20,23-26H2,1-4H3,(H,40,41)/t28?,29-,30?/m1/s1. The first-order valence-corrected chi connectivity index (χ1v) is 19.8.